The van der Waals surface area contributed by atoms with E-state index in [1.807, 2.05) is 0 Å². The second-order valence-corrected chi connectivity index (χ2v) is 9.02. The number of nitrogens with one attached hydrogen (secondary N) is 1. The molecular formula is C14H18BrF2NO2S. The van der Waals surface area contributed by atoms with Gasteiger partial charge in [0.25, 0.3) is 0 Å². The van der Waals surface area contributed by atoms with Crippen LogP contribution < -0.4 is 9.46 Å². The first-order valence-electron chi connectivity index (χ1n) is 6.52. The lowest BCUT2D eigenvalue weighted by molar-refractivity contribution is 0.0849. The number of hydrogen-bond donors (Lipinski definition) is 1. The molecule has 1 unspecified atom stereocenters. The van der Waals surface area contributed by atoms with E-state index in [0.29, 0.717) is 5.56 Å². The zero-order chi connectivity index (χ0) is 16.0. The summed E-state index contributed by atoms with van der Waals surface area (Å²) >= 11 is 1.59. The van der Waals surface area contributed by atoms with Gasteiger partial charge in [-0.2, -0.15) is 0 Å². The largest absolute Gasteiger partial charge is 0.598 e. The first kappa shape index (κ1) is 17.0. The summed E-state index contributed by atoms with van der Waals surface area (Å²) in [6, 6.07) is 3.08. The van der Waals surface area contributed by atoms with Crippen molar-refractivity contribution in [1.82, 2.24) is 4.72 Å². The van der Waals surface area contributed by atoms with Crippen molar-refractivity contribution >= 4 is 27.3 Å². The van der Waals surface area contributed by atoms with Crippen molar-refractivity contribution in [3.05, 3.63) is 28.0 Å². The van der Waals surface area contributed by atoms with Crippen LogP contribution in [0.2, 0.25) is 0 Å². The molecule has 0 fully saturated rings. The van der Waals surface area contributed by atoms with Gasteiger partial charge in [-0.05, 0) is 49.7 Å². The van der Waals surface area contributed by atoms with Gasteiger partial charge in [-0.1, -0.05) is 6.07 Å². The zero-order valence-corrected chi connectivity index (χ0v) is 14.7. The fraction of sp³-hybridized carbons (Fsp3) is 0.571. The number of halogens is 3. The van der Waals surface area contributed by atoms with Gasteiger partial charge in [0.1, 0.15) is 16.9 Å². The maximum atomic E-state index is 14.4. The van der Waals surface area contributed by atoms with Crippen LogP contribution in [-0.2, 0) is 16.9 Å². The topological polar surface area (TPSA) is 44.3 Å². The van der Waals surface area contributed by atoms with Gasteiger partial charge >= 0.3 is 0 Å². The Morgan fingerprint density at radius 2 is 2.10 bits per heavy atom. The Bertz CT molecular complexity index is 553. The van der Waals surface area contributed by atoms with Gasteiger partial charge in [-0.15, -0.1) is 4.72 Å². The molecule has 1 aromatic carbocycles. The lowest BCUT2D eigenvalue weighted by Gasteiger charge is -2.40. The van der Waals surface area contributed by atoms with Gasteiger partial charge in [0.05, 0.1) is 4.47 Å². The monoisotopic (exact) mass is 381 g/mol. The van der Waals surface area contributed by atoms with Gasteiger partial charge < -0.3 is 9.29 Å². The molecule has 1 heterocycles. The van der Waals surface area contributed by atoms with Crippen LogP contribution in [0.3, 0.4) is 0 Å². The average Bonchev–Trinajstić information content (AvgIpc) is 2.37. The summed E-state index contributed by atoms with van der Waals surface area (Å²) in [5.74, 6) is -0.576. The van der Waals surface area contributed by atoms with Crippen LogP contribution in [0.4, 0.5) is 8.78 Å². The van der Waals surface area contributed by atoms with Crippen LogP contribution in [0.1, 0.15) is 33.3 Å². The maximum absolute atomic E-state index is 14.4. The van der Waals surface area contributed by atoms with E-state index in [0.717, 1.165) is 0 Å². The van der Waals surface area contributed by atoms with Crippen molar-refractivity contribution in [2.75, 3.05) is 6.61 Å². The molecule has 21 heavy (non-hydrogen) atoms. The number of hydrogen-bond acceptors (Lipinski definition) is 3. The molecule has 0 saturated heterocycles. The second-order valence-electron chi connectivity index (χ2n) is 6.20. The molecule has 1 aromatic rings. The maximum Gasteiger partial charge on any atom is 0.179 e. The first-order valence-corrected chi connectivity index (χ1v) is 8.46. The van der Waals surface area contributed by atoms with Crippen LogP contribution in [0.25, 0.3) is 0 Å². The Morgan fingerprint density at radius 1 is 1.48 bits per heavy atom. The van der Waals surface area contributed by atoms with Crippen molar-refractivity contribution in [2.45, 2.75) is 44.2 Å². The zero-order valence-electron chi connectivity index (χ0n) is 12.3. The lowest BCUT2D eigenvalue weighted by Crippen LogP contribution is -2.57. The van der Waals surface area contributed by atoms with E-state index in [9.17, 15) is 13.3 Å². The SMILES string of the molecule is CC(C)(C)[S+]([O-])N[C@]1(C)c2ccc(Br)c(F)c2OC[C@@H]1F. The summed E-state index contributed by atoms with van der Waals surface area (Å²) in [7, 11) is 0. The minimum Gasteiger partial charge on any atom is -0.598 e. The first-order chi connectivity index (χ1) is 9.57. The van der Waals surface area contributed by atoms with Crippen LogP contribution in [0.5, 0.6) is 5.75 Å². The predicted octanol–water partition coefficient (Wildman–Crippen LogP) is 3.59. The summed E-state index contributed by atoms with van der Waals surface area (Å²) in [6.45, 7) is 6.65. The van der Waals surface area contributed by atoms with Gasteiger partial charge in [0.2, 0.25) is 0 Å². The highest BCUT2D eigenvalue weighted by Crippen LogP contribution is 2.42. The van der Waals surface area contributed by atoms with Crippen molar-refractivity contribution in [1.29, 1.82) is 0 Å². The molecule has 0 saturated carbocycles. The summed E-state index contributed by atoms with van der Waals surface area (Å²) < 4.78 is 48.6. The number of rotatable bonds is 2. The lowest BCUT2D eigenvalue weighted by atomic mass is 9.86. The van der Waals surface area contributed by atoms with Gasteiger partial charge in [-0.3, -0.25) is 0 Å². The van der Waals surface area contributed by atoms with Crippen molar-refractivity contribution in [3.8, 4) is 5.75 Å². The van der Waals surface area contributed by atoms with Crippen LogP contribution in [0.15, 0.2) is 16.6 Å². The number of benzene rings is 1. The van der Waals surface area contributed by atoms with Crippen molar-refractivity contribution < 1.29 is 18.1 Å². The smallest absolute Gasteiger partial charge is 0.179 e. The highest BCUT2D eigenvalue weighted by atomic mass is 79.9. The summed E-state index contributed by atoms with van der Waals surface area (Å²) in [5, 5.41) is 0. The molecule has 0 aromatic heterocycles. The Balaban J connectivity index is 2.47. The quantitative estimate of drug-likeness (QED) is 0.796. The number of alkyl halides is 1. The van der Waals surface area contributed by atoms with E-state index < -0.39 is 33.6 Å². The molecule has 0 radical (unpaired) electrons. The second kappa shape index (κ2) is 5.68. The molecule has 0 spiro atoms. The minimum atomic E-state index is -1.49. The van der Waals surface area contributed by atoms with E-state index in [1.54, 1.807) is 33.8 Å². The fourth-order valence-corrected chi connectivity index (χ4v) is 3.28. The third-order valence-corrected chi connectivity index (χ3v) is 5.81. The van der Waals surface area contributed by atoms with Crippen molar-refractivity contribution in [2.24, 2.45) is 0 Å². The molecule has 3 atom stereocenters. The Hall–Kier alpha value is -0.370. The Morgan fingerprint density at radius 3 is 2.67 bits per heavy atom. The molecule has 118 valence electrons. The van der Waals surface area contributed by atoms with E-state index in [4.69, 9.17) is 4.74 Å². The van der Waals surface area contributed by atoms with Gasteiger partial charge in [0, 0.05) is 16.9 Å². The van der Waals surface area contributed by atoms with Crippen molar-refractivity contribution in [3.63, 3.8) is 0 Å². The number of fused-ring (bicyclic) bond motifs is 1. The number of ether oxygens (including phenoxy) is 1. The summed E-state index contributed by atoms with van der Waals surface area (Å²) in [5.41, 5.74) is -0.938. The summed E-state index contributed by atoms with van der Waals surface area (Å²) in [4.78, 5) is 0. The summed E-state index contributed by atoms with van der Waals surface area (Å²) in [6.07, 6.45) is -1.43. The predicted molar refractivity (Wildman–Crippen MR) is 82.9 cm³/mol. The van der Waals surface area contributed by atoms with Gasteiger partial charge in [0.15, 0.2) is 17.7 Å². The molecular weight excluding hydrogens is 364 g/mol. The van der Waals surface area contributed by atoms with E-state index >= 15 is 0 Å². The molecule has 1 aliphatic heterocycles. The average molecular weight is 382 g/mol. The third-order valence-electron chi connectivity index (χ3n) is 3.47. The van der Waals surface area contributed by atoms with E-state index in [-0.39, 0.29) is 16.8 Å². The normalized spacial score (nSPS) is 27.0. The molecule has 7 heteroatoms. The van der Waals surface area contributed by atoms with Crippen LogP contribution in [-0.4, -0.2) is 22.1 Å². The molecule has 0 aliphatic carbocycles. The Kier molecular flexibility index (Phi) is 4.60. The van der Waals surface area contributed by atoms with E-state index in [1.165, 1.54) is 6.07 Å². The molecule has 0 amide bonds. The molecule has 3 nitrogen and oxygen atoms in total. The molecule has 1 N–H and O–H groups in total. The molecule has 0 bridgehead atoms. The van der Waals surface area contributed by atoms with E-state index in [2.05, 4.69) is 20.7 Å². The minimum absolute atomic E-state index is 0.000755. The Labute approximate surface area is 134 Å². The molecule has 1 aliphatic rings. The molecule has 2 rings (SSSR count). The third kappa shape index (κ3) is 3.06. The fourth-order valence-electron chi connectivity index (χ4n) is 2.04. The van der Waals surface area contributed by atoms with Crippen LogP contribution >= 0.6 is 15.9 Å². The van der Waals surface area contributed by atoms with Gasteiger partial charge in [-0.25, -0.2) is 8.78 Å². The standard InChI is InChI=1S/C14H18BrF2NO2S/c1-13(2,3)21(19)18-14(4)8-5-6-9(15)11(17)12(8)20-7-10(14)16/h5-6,10,18H,7H2,1-4H3/t10-,14+,21?/m0/s1. The highest BCUT2D eigenvalue weighted by Gasteiger charge is 2.48. The highest BCUT2D eigenvalue weighted by molar-refractivity contribution is 9.10. The van der Waals surface area contributed by atoms with Crippen LogP contribution in [0, 0.1) is 5.82 Å².